The number of nitrogens with zero attached hydrogens (tertiary/aromatic N) is 2. The summed E-state index contributed by atoms with van der Waals surface area (Å²) in [4.78, 5) is 2.37. The Bertz CT molecular complexity index is 593. The van der Waals surface area contributed by atoms with Crippen LogP contribution in [0.3, 0.4) is 0 Å². The fourth-order valence-electron chi connectivity index (χ4n) is 2.74. The fourth-order valence-corrected chi connectivity index (χ4v) is 3.44. The first kappa shape index (κ1) is 12.7. The van der Waals surface area contributed by atoms with Crippen LogP contribution < -0.4 is 5.73 Å². The van der Waals surface area contributed by atoms with Crippen molar-refractivity contribution in [3.63, 3.8) is 0 Å². The Morgan fingerprint density at radius 1 is 1.47 bits per heavy atom. The van der Waals surface area contributed by atoms with Crippen LogP contribution in [0.5, 0.6) is 0 Å². The number of rotatable bonds is 2. The molecule has 1 unspecified atom stereocenters. The second kappa shape index (κ2) is 4.98. The van der Waals surface area contributed by atoms with E-state index in [1.165, 1.54) is 18.5 Å². The molecule has 1 aliphatic rings. The van der Waals surface area contributed by atoms with Gasteiger partial charge in [-0.25, -0.2) is 0 Å². The smallest absolute Gasteiger partial charge is 0.126 e. The molecule has 100 valence electrons. The van der Waals surface area contributed by atoms with Crippen molar-refractivity contribution in [3.8, 4) is 11.1 Å². The fraction of sp³-hybridized carbons (Fsp3) is 0.357. The molecule has 0 saturated carbocycles. The van der Waals surface area contributed by atoms with E-state index in [1.807, 2.05) is 0 Å². The van der Waals surface area contributed by atoms with Crippen LogP contribution in [0, 0.1) is 0 Å². The highest BCUT2D eigenvalue weighted by atomic mass is 79.9. The quantitative estimate of drug-likeness (QED) is 0.894. The molecular formula is C14H17BrN4. The van der Waals surface area contributed by atoms with Crippen LogP contribution in [0.2, 0.25) is 0 Å². The second-order valence-electron chi connectivity index (χ2n) is 5.18. The molecule has 1 aromatic heterocycles. The third-order valence-electron chi connectivity index (χ3n) is 3.81. The van der Waals surface area contributed by atoms with Gasteiger partial charge in [0.2, 0.25) is 0 Å². The molecule has 0 spiro atoms. The van der Waals surface area contributed by atoms with E-state index in [2.05, 4.69) is 56.3 Å². The molecule has 0 amide bonds. The minimum Gasteiger partial charge on any atom is -0.384 e. The van der Waals surface area contributed by atoms with E-state index >= 15 is 0 Å². The lowest BCUT2D eigenvalue weighted by molar-refractivity contribution is 0.411. The molecule has 0 bridgehead atoms. The number of benzene rings is 1. The number of nitrogens with one attached hydrogen (secondary N) is 1. The molecule has 1 atom stereocenters. The first-order chi connectivity index (χ1) is 9.15. The topological polar surface area (TPSA) is 57.9 Å². The monoisotopic (exact) mass is 320 g/mol. The summed E-state index contributed by atoms with van der Waals surface area (Å²) in [7, 11) is 2.18. The number of hydrogen-bond acceptors (Lipinski definition) is 3. The Labute approximate surface area is 121 Å². The van der Waals surface area contributed by atoms with Crippen LogP contribution in [-0.4, -0.2) is 35.2 Å². The molecule has 19 heavy (non-hydrogen) atoms. The summed E-state index contributed by atoms with van der Waals surface area (Å²) in [5.41, 5.74) is 9.29. The maximum Gasteiger partial charge on any atom is 0.126 e. The van der Waals surface area contributed by atoms with Crippen LogP contribution in [0.25, 0.3) is 11.1 Å². The minimum atomic E-state index is 0.611. The van der Waals surface area contributed by atoms with Gasteiger partial charge in [-0.2, -0.15) is 5.10 Å². The molecule has 1 fully saturated rings. The zero-order valence-electron chi connectivity index (χ0n) is 10.9. The van der Waals surface area contributed by atoms with Crippen molar-refractivity contribution in [1.82, 2.24) is 15.1 Å². The summed E-state index contributed by atoms with van der Waals surface area (Å²) in [5, 5.41) is 6.73. The first-order valence-corrected chi connectivity index (χ1v) is 7.21. The Kier molecular flexibility index (Phi) is 3.33. The number of nitrogens with two attached hydrogens (primary N) is 1. The summed E-state index contributed by atoms with van der Waals surface area (Å²) in [6.45, 7) is 2.30. The number of likely N-dealkylation sites (N-methyl/N-ethyl adjacent to an activating group) is 1. The van der Waals surface area contributed by atoms with E-state index < -0.39 is 0 Å². The summed E-state index contributed by atoms with van der Waals surface area (Å²) < 4.78 is 1.16. The predicted molar refractivity (Wildman–Crippen MR) is 81.0 cm³/mol. The van der Waals surface area contributed by atoms with Crippen LogP contribution in [0.1, 0.15) is 17.9 Å². The van der Waals surface area contributed by atoms with Gasteiger partial charge in [-0.3, -0.25) is 5.10 Å². The van der Waals surface area contributed by atoms with Gasteiger partial charge < -0.3 is 10.6 Å². The van der Waals surface area contributed by atoms with Gasteiger partial charge in [0.05, 0.1) is 6.20 Å². The number of aromatic nitrogens is 2. The standard InChI is InChI=1S/C14H17BrN4/c1-19-5-4-10(8-19)11-3-2-9(6-13(11)15)12-7-17-18-14(12)16/h2-3,6-7,10H,4-5,8H2,1H3,(H3,16,17,18). The molecule has 1 aliphatic heterocycles. The Hall–Kier alpha value is -1.33. The molecule has 0 radical (unpaired) electrons. The zero-order valence-corrected chi connectivity index (χ0v) is 12.4. The van der Waals surface area contributed by atoms with Crippen molar-refractivity contribution in [2.24, 2.45) is 0 Å². The molecule has 1 saturated heterocycles. The summed E-state index contributed by atoms with van der Waals surface area (Å²) in [6, 6.07) is 6.46. The second-order valence-corrected chi connectivity index (χ2v) is 6.04. The van der Waals surface area contributed by atoms with Gasteiger partial charge >= 0.3 is 0 Å². The van der Waals surface area contributed by atoms with Crippen LogP contribution in [-0.2, 0) is 0 Å². The number of likely N-dealkylation sites (tertiary alicyclic amines) is 1. The van der Waals surface area contributed by atoms with Gasteiger partial charge in [0, 0.05) is 16.6 Å². The number of hydrogen-bond donors (Lipinski definition) is 2. The zero-order chi connectivity index (χ0) is 13.4. The van der Waals surface area contributed by atoms with Gasteiger partial charge in [0.1, 0.15) is 5.82 Å². The lowest BCUT2D eigenvalue weighted by Gasteiger charge is -2.14. The third-order valence-corrected chi connectivity index (χ3v) is 4.50. The Morgan fingerprint density at radius 2 is 2.32 bits per heavy atom. The van der Waals surface area contributed by atoms with Gasteiger partial charge in [-0.05, 0) is 43.1 Å². The van der Waals surface area contributed by atoms with E-state index in [0.717, 1.165) is 22.1 Å². The van der Waals surface area contributed by atoms with Gasteiger partial charge in [0.25, 0.3) is 0 Å². The first-order valence-electron chi connectivity index (χ1n) is 6.42. The van der Waals surface area contributed by atoms with Crippen molar-refractivity contribution in [2.45, 2.75) is 12.3 Å². The highest BCUT2D eigenvalue weighted by molar-refractivity contribution is 9.10. The van der Waals surface area contributed by atoms with Crippen molar-refractivity contribution in [2.75, 3.05) is 25.9 Å². The number of nitrogen functional groups attached to an aromatic ring is 1. The predicted octanol–water partition coefficient (Wildman–Crippen LogP) is 2.84. The largest absolute Gasteiger partial charge is 0.384 e. The average Bonchev–Trinajstić information content (AvgIpc) is 2.98. The van der Waals surface area contributed by atoms with Crippen LogP contribution in [0.15, 0.2) is 28.9 Å². The third kappa shape index (κ3) is 2.40. The normalized spacial score (nSPS) is 20.0. The van der Waals surface area contributed by atoms with E-state index in [9.17, 15) is 0 Å². The molecule has 1 aromatic carbocycles. The lowest BCUT2D eigenvalue weighted by atomic mass is 9.96. The van der Waals surface area contributed by atoms with Gasteiger partial charge in [-0.15, -0.1) is 0 Å². The van der Waals surface area contributed by atoms with Gasteiger partial charge in [-0.1, -0.05) is 28.1 Å². The highest BCUT2D eigenvalue weighted by Crippen LogP contribution is 2.35. The molecule has 2 aromatic rings. The maximum absolute atomic E-state index is 5.86. The molecule has 4 nitrogen and oxygen atoms in total. The molecule has 3 rings (SSSR count). The highest BCUT2D eigenvalue weighted by Gasteiger charge is 2.23. The maximum atomic E-state index is 5.86. The number of halogens is 1. The number of aromatic amines is 1. The molecule has 0 aliphatic carbocycles. The van der Waals surface area contributed by atoms with Crippen LogP contribution in [0.4, 0.5) is 5.82 Å². The van der Waals surface area contributed by atoms with E-state index in [1.54, 1.807) is 6.20 Å². The Balaban J connectivity index is 1.92. The number of anilines is 1. The molecular weight excluding hydrogens is 304 g/mol. The van der Waals surface area contributed by atoms with Gasteiger partial charge in [0.15, 0.2) is 0 Å². The lowest BCUT2D eigenvalue weighted by Crippen LogP contribution is -2.13. The summed E-state index contributed by atoms with van der Waals surface area (Å²) >= 11 is 3.70. The molecule has 3 N–H and O–H groups in total. The SMILES string of the molecule is CN1CCC(c2ccc(-c3cn[nH]c3N)cc2Br)C1. The summed E-state index contributed by atoms with van der Waals surface area (Å²) in [6.07, 6.45) is 2.99. The summed E-state index contributed by atoms with van der Waals surface area (Å²) in [5.74, 6) is 1.23. The minimum absolute atomic E-state index is 0.611. The van der Waals surface area contributed by atoms with Crippen LogP contribution >= 0.6 is 15.9 Å². The number of H-pyrrole nitrogens is 1. The van der Waals surface area contributed by atoms with Crippen molar-refractivity contribution >= 4 is 21.7 Å². The molecule has 2 heterocycles. The Morgan fingerprint density at radius 3 is 2.89 bits per heavy atom. The van der Waals surface area contributed by atoms with E-state index in [0.29, 0.717) is 11.7 Å². The van der Waals surface area contributed by atoms with Crippen molar-refractivity contribution in [1.29, 1.82) is 0 Å². The van der Waals surface area contributed by atoms with Crippen molar-refractivity contribution < 1.29 is 0 Å². The average molecular weight is 321 g/mol. The molecule has 5 heteroatoms. The van der Waals surface area contributed by atoms with E-state index in [4.69, 9.17) is 5.73 Å². The van der Waals surface area contributed by atoms with Crippen molar-refractivity contribution in [3.05, 3.63) is 34.4 Å². The van der Waals surface area contributed by atoms with E-state index in [-0.39, 0.29) is 0 Å².